The summed E-state index contributed by atoms with van der Waals surface area (Å²) >= 11 is 0. The molecule has 0 amide bonds. The highest BCUT2D eigenvalue weighted by atomic mass is 16.5. The Bertz CT molecular complexity index is 628. The number of piperidine rings is 1. The summed E-state index contributed by atoms with van der Waals surface area (Å²) in [5, 5.41) is 0. The SMILES string of the molecule is c1cnc(N2CCC3(CCO[C@@H]3Cc3cncnc3)CC2)nc1. The molecular formula is C17H21N5O. The number of ether oxygens (including phenoxy) is 1. The molecule has 2 saturated heterocycles. The van der Waals surface area contributed by atoms with Crippen molar-refractivity contribution in [3.05, 3.63) is 42.7 Å². The number of anilines is 1. The first-order valence-corrected chi connectivity index (χ1v) is 8.23. The highest BCUT2D eigenvalue weighted by Crippen LogP contribution is 2.45. The number of nitrogens with zero attached hydrogens (tertiary/aromatic N) is 5. The van der Waals surface area contributed by atoms with Gasteiger partial charge in [-0.15, -0.1) is 0 Å². The number of hydrogen-bond acceptors (Lipinski definition) is 6. The predicted octanol–water partition coefficient (Wildman–Crippen LogP) is 1.88. The molecule has 0 saturated carbocycles. The van der Waals surface area contributed by atoms with Crippen molar-refractivity contribution in [1.82, 2.24) is 19.9 Å². The van der Waals surface area contributed by atoms with Gasteiger partial charge in [-0.05, 0) is 30.9 Å². The van der Waals surface area contributed by atoms with E-state index in [0.717, 1.165) is 56.9 Å². The van der Waals surface area contributed by atoms with Crippen molar-refractivity contribution in [3.8, 4) is 0 Å². The molecule has 2 aromatic heterocycles. The summed E-state index contributed by atoms with van der Waals surface area (Å²) in [5.41, 5.74) is 1.44. The molecule has 2 aliphatic rings. The molecule has 0 aromatic carbocycles. The van der Waals surface area contributed by atoms with E-state index >= 15 is 0 Å². The van der Waals surface area contributed by atoms with Crippen molar-refractivity contribution >= 4 is 5.95 Å². The van der Waals surface area contributed by atoms with Gasteiger partial charge in [0, 0.05) is 56.3 Å². The van der Waals surface area contributed by atoms with Crippen molar-refractivity contribution in [2.45, 2.75) is 31.8 Å². The fraction of sp³-hybridized carbons (Fsp3) is 0.529. The van der Waals surface area contributed by atoms with Gasteiger partial charge in [0.15, 0.2) is 0 Å². The molecule has 4 heterocycles. The van der Waals surface area contributed by atoms with Crippen LogP contribution in [0.5, 0.6) is 0 Å². The molecule has 0 bridgehead atoms. The molecule has 0 N–H and O–H groups in total. The van der Waals surface area contributed by atoms with Crippen LogP contribution in [0.15, 0.2) is 37.2 Å². The second-order valence-electron chi connectivity index (χ2n) is 6.46. The quantitative estimate of drug-likeness (QED) is 0.862. The fourth-order valence-corrected chi connectivity index (χ4v) is 3.85. The van der Waals surface area contributed by atoms with E-state index in [1.165, 1.54) is 0 Å². The third kappa shape index (κ3) is 2.91. The molecule has 0 unspecified atom stereocenters. The molecular weight excluding hydrogens is 290 g/mol. The molecule has 0 aliphatic carbocycles. The van der Waals surface area contributed by atoms with E-state index in [-0.39, 0.29) is 11.5 Å². The van der Waals surface area contributed by atoms with Crippen LogP contribution in [0.3, 0.4) is 0 Å². The molecule has 2 aliphatic heterocycles. The lowest BCUT2D eigenvalue weighted by Crippen LogP contribution is -2.45. The minimum atomic E-state index is 0.271. The molecule has 120 valence electrons. The van der Waals surface area contributed by atoms with Crippen LogP contribution in [0.25, 0.3) is 0 Å². The van der Waals surface area contributed by atoms with E-state index < -0.39 is 0 Å². The number of aromatic nitrogens is 4. The van der Waals surface area contributed by atoms with Gasteiger partial charge in [0.25, 0.3) is 0 Å². The van der Waals surface area contributed by atoms with Gasteiger partial charge in [-0.1, -0.05) is 0 Å². The van der Waals surface area contributed by atoms with Crippen molar-refractivity contribution in [1.29, 1.82) is 0 Å². The Hall–Kier alpha value is -2.08. The van der Waals surface area contributed by atoms with Gasteiger partial charge in [-0.2, -0.15) is 0 Å². The lowest BCUT2D eigenvalue weighted by Gasteiger charge is -2.42. The average molecular weight is 311 g/mol. The lowest BCUT2D eigenvalue weighted by atomic mass is 9.71. The van der Waals surface area contributed by atoms with Crippen LogP contribution in [-0.4, -0.2) is 45.7 Å². The molecule has 2 aromatic rings. The standard InChI is InChI=1S/C17H21N5O/c1-5-20-16(21-6-1)22-7-2-17(3-8-22)4-9-23-15(17)10-14-11-18-13-19-12-14/h1,5-6,11-13,15H,2-4,7-10H2/t15-/m1/s1. The van der Waals surface area contributed by atoms with Crippen molar-refractivity contribution < 1.29 is 4.74 Å². The van der Waals surface area contributed by atoms with Gasteiger partial charge in [-0.3, -0.25) is 0 Å². The van der Waals surface area contributed by atoms with Crippen LogP contribution in [0.1, 0.15) is 24.8 Å². The number of hydrogen-bond donors (Lipinski definition) is 0. The van der Waals surface area contributed by atoms with Crippen molar-refractivity contribution in [2.24, 2.45) is 5.41 Å². The fourth-order valence-electron chi connectivity index (χ4n) is 3.85. The first kappa shape index (κ1) is 14.5. The van der Waals surface area contributed by atoms with Gasteiger partial charge in [-0.25, -0.2) is 19.9 Å². The Labute approximate surface area is 136 Å². The van der Waals surface area contributed by atoms with E-state index in [2.05, 4.69) is 24.8 Å². The van der Waals surface area contributed by atoms with Crippen LogP contribution in [-0.2, 0) is 11.2 Å². The van der Waals surface area contributed by atoms with E-state index in [9.17, 15) is 0 Å². The summed E-state index contributed by atoms with van der Waals surface area (Å²) in [6.07, 6.45) is 13.6. The van der Waals surface area contributed by atoms with Gasteiger partial charge in [0.05, 0.1) is 6.10 Å². The zero-order valence-corrected chi connectivity index (χ0v) is 13.1. The average Bonchev–Trinajstić information content (AvgIpc) is 2.99. The van der Waals surface area contributed by atoms with Crippen molar-refractivity contribution in [2.75, 3.05) is 24.6 Å². The summed E-state index contributed by atoms with van der Waals surface area (Å²) in [4.78, 5) is 19.3. The molecule has 1 spiro atoms. The Morgan fingerprint density at radius 1 is 1.09 bits per heavy atom. The van der Waals surface area contributed by atoms with E-state index in [4.69, 9.17) is 4.74 Å². The van der Waals surface area contributed by atoms with Crippen LogP contribution < -0.4 is 4.90 Å². The maximum atomic E-state index is 6.09. The summed E-state index contributed by atoms with van der Waals surface area (Å²) in [6, 6.07) is 1.86. The second kappa shape index (κ2) is 6.20. The molecule has 0 radical (unpaired) electrons. The summed E-state index contributed by atoms with van der Waals surface area (Å²) < 4.78 is 6.09. The van der Waals surface area contributed by atoms with Gasteiger partial charge in [0.1, 0.15) is 6.33 Å². The molecule has 6 heteroatoms. The summed E-state index contributed by atoms with van der Waals surface area (Å²) in [5.74, 6) is 0.842. The van der Waals surface area contributed by atoms with Crippen LogP contribution >= 0.6 is 0 Å². The zero-order valence-electron chi connectivity index (χ0n) is 13.1. The Kier molecular flexibility index (Phi) is 3.91. The monoisotopic (exact) mass is 311 g/mol. The minimum absolute atomic E-state index is 0.271. The Balaban J connectivity index is 1.44. The third-order valence-corrected chi connectivity index (χ3v) is 5.23. The molecule has 23 heavy (non-hydrogen) atoms. The largest absolute Gasteiger partial charge is 0.377 e. The van der Waals surface area contributed by atoms with Gasteiger partial charge >= 0.3 is 0 Å². The minimum Gasteiger partial charge on any atom is -0.377 e. The zero-order chi connectivity index (χ0) is 15.5. The Morgan fingerprint density at radius 3 is 2.57 bits per heavy atom. The van der Waals surface area contributed by atoms with Crippen molar-refractivity contribution in [3.63, 3.8) is 0 Å². The van der Waals surface area contributed by atoms with Crippen LogP contribution in [0, 0.1) is 5.41 Å². The first-order valence-electron chi connectivity index (χ1n) is 8.23. The maximum absolute atomic E-state index is 6.09. The lowest BCUT2D eigenvalue weighted by molar-refractivity contribution is 0.0355. The maximum Gasteiger partial charge on any atom is 0.225 e. The van der Waals surface area contributed by atoms with Crippen LogP contribution in [0.2, 0.25) is 0 Å². The highest BCUT2D eigenvalue weighted by molar-refractivity contribution is 5.29. The predicted molar refractivity (Wildman–Crippen MR) is 86.0 cm³/mol. The second-order valence-corrected chi connectivity index (χ2v) is 6.46. The molecule has 2 fully saturated rings. The van der Waals surface area contributed by atoms with E-state index in [1.54, 1.807) is 6.33 Å². The van der Waals surface area contributed by atoms with Gasteiger partial charge in [0.2, 0.25) is 5.95 Å². The first-order chi connectivity index (χ1) is 11.4. The van der Waals surface area contributed by atoms with Gasteiger partial charge < -0.3 is 9.64 Å². The smallest absolute Gasteiger partial charge is 0.225 e. The topological polar surface area (TPSA) is 64.0 Å². The Morgan fingerprint density at radius 2 is 1.83 bits per heavy atom. The third-order valence-electron chi connectivity index (χ3n) is 5.23. The van der Waals surface area contributed by atoms with Crippen LogP contribution in [0.4, 0.5) is 5.95 Å². The summed E-state index contributed by atoms with van der Waals surface area (Å²) in [6.45, 7) is 2.85. The highest BCUT2D eigenvalue weighted by Gasteiger charge is 2.46. The summed E-state index contributed by atoms with van der Waals surface area (Å²) in [7, 11) is 0. The molecule has 6 nitrogen and oxygen atoms in total. The molecule has 1 atom stereocenters. The van der Waals surface area contributed by atoms with E-state index in [1.807, 2.05) is 30.9 Å². The molecule has 4 rings (SSSR count). The number of rotatable bonds is 3. The van der Waals surface area contributed by atoms with E-state index in [0.29, 0.717) is 0 Å². The normalized spacial score (nSPS) is 23.3.